The number of benzene rings is 1. The Balaban J connectivity index is 2.06. The van der Waals surface area contributed by atoms with E-state index in [1.807, 2.05) is 12.1 Å². The minimum Gasteiger partial charge on any atom is -0.494 e. The van der Waals surface area contributed by atoms with Crippen molar-refractivity contribution in [2.24, 2.45) is 0 Å². The van der Waals surface area contributed by atoms with Gasteiger partial charge in [-0.1, -0.05) is 6.07 Å². The van der Waals surface area contributed by atoms with E-state index >= 15 is 0 Å². The zero-order valence-electron chi connectivity index (χ0n) is 11.7. The van der Waals surface area contributed by atoms with E-state index in [-0.39, 0.29) is 6.42 Å². The molecule has 1 rings (SSSR count). The van der Waals surface area contributed by atoms with E-state index < -0.39 is 5.97 Å². The van der Waals surface area contributed by atoms with Crippen LogP contribution in [0.2, 0.25) is 0 Å². The predicted octanol–water partition coefficient (Wildman–Crippen LogP) is 2.53. The molecule has 106 valence electrons. The molecule has 2 N–H and O–H groups in total. The van der Waals surface area contributed by atoms with Crippen molar-refractivity contribution in [1.82, 2.24) is 5.32 Å². The molecule has 0 atom stereocenters. The second-order valence-electron chi connectivity index (χ2n) is 4.77. The van der Waals surface area contributed by atoms with Gasteiger partial charge in [-0.05, 0) is 63.0 Å². The molecule has 0 fully saturated rings. The molecule has 0 spiro atoms. The molecular formula is C15H23NO3. The van der Waals surface area contributed by atoms with Gasteiger partial charge in [0.2, 0.25) is 0 Å². The smallest absolute Gasteiger partial charge is 0.303 e. The van der Waals surface area contributed by atoms with Crippen LogP contribution in [0.5, 0.6) is 5.75 Å². The number of hydrogen-bond acceptors (Lipinski definition) is 3. The maximum atomic E-state index is 10.3. The maximum Gasteiger partial charge on any atom is 0.303 e. The molecule has 0 heterocycles. The summed E-state index contributed by atoms with van der Waals surface area (Å²) in [7, 11) is 0. The van der Waals surface area contributed by atoms with Gasteiger partial charge >= 0.3 is 5.97 Å². The van der Waals surface area contributed by atoms with E-state index in [1.54, 1.807) is 0 Å². The molecule has 0 unspecified atom stereocenters. The van der Waals surface area contributed by atoms with Gasteiger partial charge < -0.3 is 15.2 Å². The third kappa shape index (κ3) is 7.47. The molecule has 0 bridgehead atoms. The van der Waals surface area contributed by atoms with Crippen LogP contribution in [0, 0.1) is 13.8 Å². The summed E-state index contributed by atoms with van der Waals surface area (Å²) in [5.41, 5.74) is 2.42. The molecule has 0 aliphatic heterocycles. The molecule has 4 heteroatoms. The molecule has 0 amide bonds. The van der Waals surface area contributed by atoms with E-state index in [4.69, 9.17) is 9.84 Å². The van der Waals surface area contributed by atoms with Crippen molar-refractivity contribution in [3.63, 3.8) is 0 Å². The zero-order valence-corrected chi connectivity index (χ0v) is 11.7. The fourth-order valence-electron chi connectivity index (χ4n) is 1.89. The predicted molar refractivity (Wildman–Crippen MR) is 75.8 cm³/mol. The van der Waals surface area contributed by atoms with Gasteiger partial charge in [-0.3, -0.25) is 4.79 Å². The molecule has 19 heavy (non-hydrogen) atoms. The first-order valence-electron chi connectivity index (χ1n) is 6.71. The van der Waals surface area contributed by atoms with Gasteiger partial charge in [-0.25, -0.2) is 0 Å². The second-order valence-corrected chi connectivity index (χ2v) is 4.77. The van der Waals surface area contributed by atoms with E-state index in [0.29, 0.717) is 13.0 Å². The lowest BCUT2D eigenvalue weighted by atomic mass is 10.1. The number of ether oxygens (including phenoxy) is 1. The van der Waals surface area contributed by atoms with Gasteiger partial charge in [0.1, 0.15) is 5.75 Å². The van der Waals surface area contributed by atoms with Gasteiger partial charge in [-0.2, -0.15) is 0 Å². The van der Waals surface area contributed by atoms with E-state index in [0.717, 1.165) is 25.3 Å². The molecule has 1 aromatic rings. The van der Waals surface area contributed by atoms with Crippen LogP contribution in [0.4, 0.5) is 0 Å². The third-order valence-corrected chi connectivity index (χ3v) is 2.71. The van der Waals surface area contributed by atoms with Crippen LogP contribution in [0.3, 0.4) is 0 Å². The highest BCUT2D eigenvalue weighted by atomic mass is 16.5. The monoisotopic (exact) mass is 265 g/mol. The summed E-state index contributed by atoms with van der Waals surface area (Å²) in [6, 6.07) is 6.19. The van der Waals surface area contributed by atoms with Crippen LogP contribution < -0.4 is 10.1 Å². The second kappa shape index (κ2) is 8.53. The Labute approximate surface area is 114 Å². The van der Waals surface area contributed by atoms with Crippen LogP contribution in [-0.4, -0.2) is 30.8 Å². The lowest BCUT2D eigenvalue weighted by molar-refractivity contribution is -0.137. The maximum absolute atomic E-state index is 10.3. The molecule has 4 nitrogen and oxygen atoms in total. The highest BCUT2D eigenvalue weighted by molar-refractivity contribution is 5.66. The fraction of sp³-hybridized carbons (Fsp3) is 0.533. The van der Waals surface area contributed by atoms with Crippen molar-refractivity contribution in [3.8, 4) is 5.75 Å². The Kier molecular flexibility index (Phi) is 6.97. The van der Waals surface area contributed by atoms with Crippen LogP contribution in [0.15, 0.2) is 18.2 Å². The summed E-state index contributed by atoms with van der Waals surface area (Å²) in [5.74, 6) is 0.184. The Morgan fingerprint density at radius 3 is 2.42 bits per heavy atom. The molecule has 0 saturated heterocycles. The zero-order chi connectivity index (χ0) is 14.1. The number of carboxylic acids is 1. The first-order valence-corrected chi connectivity index (χ1v) is 6.71. The van der Waals surface area contributed by atoms with E-state index in [9.17, 15) is 4.79 Å². The van der Waals surface area contributed by atoms with Gasteiger partial charge in [-0.15, -0.1) is 0 Å². The number of aryl methyl sites for hydroxylation is 2. The molecule has 0 aliphatic rings. The van der Waals surface area contributed by atoms with Gasteiger partial charge in [0.05, 0.1) is 6.61 Å². The summed E-state index contributed by atoms with van der Waals surface area (Å²) in [4.78, 5) is 10.3. The van der Waals surface area contributed by atoms with Crippen molar-refractivity contribution in [3.05, 3.63) is 29.3 Å². The quantitative estimate of drug-likeness (QED) is 0.674. The fourth-order valence-corrected chi connectivity index (χ4v) is 1.89. The third-order valence-electron chi connectivity index (χ3n) is 2.71. The van der Waals surface area contributed by atoms with Crippen LogP contribution in [0.25, 0.3) is 0 Å². The number of rotatable bonds is 9. The van der Waals surface area contributed by atoms with Gasteiger partial charge in [0.25, 0.3) is 0 Å². The lowest BCUT2D eigenvalue weighted by Gasteiger charge is -2.08. The molecule has 0 aliphatic carbocycles. The SMILES string of the molecule is Cc1cc(C)cc(OCCCNCCCC(=O)O)c1. The minimum absolute atomic E-state index is 0.228. The number of hydrogen-bond donors (Lipinski definition) is 2. The summed E-state index contributed by atoms with van der Waals surface area (Å²) in [5, 5.41) is 11.7. The Bertz CT molecular complexity index is 384. The minimum atomic E-state index is -0.736. The first kappa shape index (κ1) is 15.5. The van der Waals surface area contributed by atoms with Crippen molar-refractivity contribution >= 4 is 5.97 Å². The summed E-state index contributed by atoms with van der Waals surface area (Å²) < 4.78 is 5.68. The van der Waals surface area contributed by atoms with Crippen molar-refractivity contribution in [1.29, 1.82) is 0 Å². The number of nitrogens with one attached hydrogen (secondary N) is 1. The van der Waals surface area contributed by atoms with Gasteiger partial charge in [0, 0.05) is 6.42 Å². The molecule has 0 saturated carbocycles. The highest BCUT2D eigenvalue weighted by Crippen LogP contribution is 2.16. The Hall–Kier alpha value is -1.55. The summed E-state index contributed by atoms with van der Waals surface area (Å²) in [6.45, 7) is 6.39. The molecule has 1 aromatic carbocycles. The van der Waals surface area contributed by atoms with Crippen LogP contribution in [0.1, 0.15) is 30.4 Å². The van der Waals surface area contributed by atoms with Crippen molar-refractivity contribution < 1.29 is 14.6 Å². The van der Waals surface area contributed by atoms with Crippen molar-refractivity contribution in [2.75, 3.05) is 19.7 Å². The number of carbonyl (C=O) groups is 1. The Morgan fingerprint density at radius 1 is 1.16 bits per heavy atom. The average Bonchev–Trinajstić information content (AvgIpc) is 2.31. The van der Waals surface area contributed by atoms with Crippen molar-refractivity contribution in [2.45, 2.75) is 33.1 Å². The Morgan fingerprint density at radius 2 is 1.79 bits per heavy atom. The first-order chi connectivity index (χ1) is 9.08. The number of carboxylic acid groups (broad SMARTS) is 1. The van der Waals surface area contributed by atoms with Gasteiger partial charge in [0.15, 0.2) is 0 Å². The average molecular weight is 265 g/mol. The lowest BCUT2D eigenvalue weighted by Crippen LogP contribution is -2.19. The summed E-state index contributed by atoms with van der Waals surface area (Å²) >= 11 is 0. The highest BCUT2D eigenvalue weighted by Gasteiger charge is 1.98. The molecule has 0 aromatic heterocycles. The topological polar surface area (TPSA) is 58.6 Å². The number of aliphatic carboxylic acids is 1. The standard InChI is InChI=1S/C15H23NO3/c1-12-9-13(2)11-14(10-12)19-8-4-7-16-6-3-5-15(17)18/h9-11,16H,3-8H2,1-2H3,(H,17,18). The van der Waals surface area contributed by atoms with Crippen LogP contribution in [-0.2, 0) is 4.79 Å². The normalized spacial score (nSPS) is 10.4. The van der Waals surface area contributed by atoms with E-state index in [2.05, 4.69) is 25.2 Å². The van der Waals surface area contributed by atoms with E-state index in [1.165, 1.54) is 11.1 Å². The molecule has 0 radical (unpaired) electrons. The summed E-state index contributed by atoms with van der Waals surface area (Å²) in [6.07, 6.45) is 1.82. The largest absolute Gasteiger partial charge is 0.494 e. The molecular weight excluding hydrogens is 242 g/mol. The van der Waals surface area contributed by atoms with Crippen LogP contribution >= 0.6 is 0 Å².